The summed E-state index contributed by atoms with van der Waals surface area (Å²) in [7, 11) is 0. The van der Waals surface area contributed by atoms with Crippen molar-refractivity contribution in [3.63, 3.8) is 0 Å². The molecule has 0 aliphatic carbocycles. The highest BCUT2D eigenvalue weighted by atomic mass is 16.5. The van der Waals surface area contributed by atoms with Crippen LogP contribution in [0.3, 0.4) is 0 Å². The normalized spacial score (nSPS) is 13.1. The Kier molecular flexibility index (Phi) is 8.82. The topological polar surface area (TPSA) is 48.8 Å². The second-order valence-electron chi connectivity index (χ2n) is 14.2. The molecular formula is C45H49N5O. The van der Waals surface area contributed by atoms with Gasteiger partial charge in [-0.15, -0.1) is 0 Å². The van der Waals surface area contributed by atoms with Gasteiger partial charge in [-0.2, -0.15) is 0 Å². The van der Waals surface area contributed by atoms with Gasteiger partial charge in [0.1, 0.15) is 17.3 Å². The molecule has 6 nitrogen and oxygen atoms in total. The first kappa shape index (κ1) is 31.7. The second kappa shape index (κ2) is 14.2. The number of fused-ring (bicyclic) bond motifs is 3. The van der Waals surface area contributed by atoms with Crippen molar-refractivity contribution in [2.45, 2.75) is 91.4 Å². The van der Waals surface area contributed by atoms with Crippen molar-refractivity contribution < 1.29 is 12.0 Å². The number of rotatable bonds is 11. The minimum Gasteiger partial charge on any atom is -0.456 e. The van der Waals surface area contributed by atoms with Crippen LogP contribution in [0.4, 0.5) is 0 Å². The van der Waals surface area contributed by atoms with Crippen LogP contribution in [0.1, 0.15) is 105 Å². The molecule has 0 amide bonds. The van der Waals surface area contributed by atoms with Gasteiger partial charge in [0.2, 0.25) is 0 Å². The molecule has 260 valence electrons. The summed E-state index contributed by atoms with van der Waals surface area (Å²) in [4.78, 5) is 9.35. The van der Waals surface area contributed by atoms with Crippen LogP contribution in [-0.4, -0.2) is 19.1 Å². The molecule has 6 heteroatoms. The number of para-hydroxylation sites is 1. The molecule has 0 radical (unpaired) electrons. The molecule has 0 aliphatic heterocycles. The van der Waals surface area contributed by atoms with Gasteiger partial charge in [0.25, 0.3) is 6.33 Å². The zero-order valence-corrected chi connectivity index (χ0v) is 30.9. The number of benzene rings is 3. The number of nitrogens with zero attached hydrogens (tertiary/aromatic N) is 5. The minimum absolute atomic E-state index is 0.0119. The highest BCUT2D eigenvalue weighted by Gasteiger charge is 2.19. The fraction of sp³-hybridized carbons (Fsp3) is 0.311. The zero-order valence-electron chi connectivity index (χ0n) is 32.9. The quantitative estimate of drug-likeness (QED) is 0.101. The third-order valence-electron chi connectivity index (χ3n) is 10.00. The summed E-state index contributed by atoms with van der Waals surface area (Å²) < 4.78 is 31.0. The maximum Gasteiger partial charge on any atom is 0.268 e. The first-order chi connectivity index (χ1) is 25.4. The summed E-state index contributed by atoms with van der Waals surface area (Å²) in [5.41, 5.74) is 6.87. The van der Waals surface area contributed by atoms with Crippen molar-refractivity contribution in [3.05, 3.63) is 133 Å². The molecule has 4 heterocycles. The Morgan fingerprint density at radius 1 is 0.784 bits per heavy atom. The third-order valence-corrected chi connectivity index (χ3v) is 10.00. The van der Waals surface area contributed by atoms with Crippen molar-refractivity contribution in [2.24, 2.45) is 0 Å². The minimum atomic E-state index is -0.726. The van der Waals surface area contributed by atoms with Gasteiger partial charge in [-0.25, -0.2) is 4.98 Å². The fourth-order valence-corrected chi connectivity index (χ4v) is 7.08. The molecule has 51 heavy (non-hydrogen) atoms. The van der Waals surface area contributed by atoms with Crippen LogP contribution in [0, 0.1) is 6.33 Å². The molecule has 0 atom stereocenters. The first-order valence-electron chi connectivity index (χ1n) is 19.2. The van der Waals surface area contributed by atoms with Crippen molar-refractivity contribution in [2.75, 3.05) is 0 Å². The Labute approximate surface area is 305 Å². The van der Waals surface area contributed by atoms with Gasteiger partial charge >= 0.3 is 0 Å². The average Bonchev–Trinajstić information content (AvgIpc) is 3.80. The first-order valence-corrected chi connectivity index (χ1v) is 18.2. The predicted octanol–water partition coefficient (Wildman–Crippen LogP) is 11.3. The van der Waals surface area contributed by atoms with E-state index in [1.807, 2.05) is 39.9 Å². The van der Waals surface area contributed by atoms with Gasteiger partial charge in [-0.1, -0.05) is 72.7 Å². The van der Waals surface area contributed by atoms with Gasteiger partial charge in [-0.3, -0.25) is 18.7 Å². The number of pyridine rings is 2. The van der Waals surface area contributed by atoms with E-state index in [0.717, 1.165) is 50.1 Å². The van der Waals surface area contributed by atoms with E-state index in [-0.39, 0.29) is 5.41 Å². The van der Waals surface area contributed by atoms with Crippen LogP contribution in [0.25, 0.3) is 39.0 Å². The SMILES string of the molecule is [2H]C(CC)(CC)c1cc(-[n+]2[c-]n(-c3cncc(Oc4ccc5c6ccccc6n(-c6cc(C(C)(C)C)ccn6)c5c4)c3)cc2)cc(C([2H])(CC)CC)c1. The largest absolute Gasteiger partial charge is 0.456 e. The lowest BCUT2D eigenvalue weighted by atomic mass is 9.87. The van der Waals surface area contributed by atoms with Crippen LogP contribution in [0.5, 0.6) is 11.5 Å². The molecule has 0 fully saturated rings. The van der Waals surface area contributed by atoms with Gasteiger partial charge in [0.05, 0.1) is 28.6 Å². The van der Waals surface area contributed by atoms with Gasteiger partial charge < -0.3 is 4.74 Å². The highest BCUT2D eigenvalue weighted by Crippen LogP contribution is 2.36. The summed E-state index contributed by atoms with van der Waals surface area (Å²) in [6, 6.07) is 27.1. The lowest BCUT2D eigenvalue weighted by Crippen LogP contribution is -2.29. The molecule has 0 saturated heterocycles. The van der Waals surface area contributed by atoms with E-state index in [1.54, 1.807) is 12.4 Å². The zero-order chi connectivity index (χ0) is 37.5. The summed E-state index contributed by atoms with van der Waals surface area (Å²) >= 11 is 0. The Balaban J connectivity index is 1.23. The van der Waals surface area contributed by atoms with E-state index in [4.69, 9.17) is 9.72 Å². The smallest absolute Gasteiger partial charge is 0.268 e. The molecule has 0 saturated carbocycles. The van der Waals surface area contributed by atoms with Crippen LogP contribution in [0.15, 0.2) is 110 Å². The van der Waals surface area contributed by atoms with E-state index in [2.05, 4.69) is 131 Å². The van der Waals surface area contributed by atoms with Gasteiger partial charge in [-0.05, 0) is 108 Å². The van der Waals surface area contributed by atoms with Crippen LogP contribution >= 0.6 is 0 Å². The van der Waals surface area contributed by atoms with Gasteiger partial charge in [0.15, 0.2) is 0 Å². The van der Waals surface area contributed by atoms with E-state index in [0.29, 0.717) is 37.2 Å². The summed E-state index contributed by atoms with van der Waals surface area (Å²) in [6.45, 7) is 14.9. The van der Waals surface area contributed by atoms with E-state index >= 15 is 0 Å². The lowest BCUT2D eigenvalue weighted by Gasteiger charge is -2.20. The highest BCUT2D eigenvalue weighted by molar-refractivity contribution is 6.09. The van der Waals surface area contributed by atoms with Crippen molar-refractivity contribution in [1.82, 2.24) is 19.1 Å². The molecule has 7 aromatic rings. The van der Waals surface area contributed by atoms with E-state index < -0.39 is 11.8 Å². The monoisotopic (exact) mass is 677 g/mol. The maximum absolute atomic E-state index is 9.24. The van der Waals surface area contributed by atoms with Crippen molar-refractivity contribution in [3.8, 4) is 28.7 Å². The molecule has 0 bridgehead atoms. The molecule has 0 spiro atoms. The van der Waals surface area contributed by atoms with E-state index in [9.17, 15) is 2.74 Å². The number of imidazole rings is 1. The average molecular weight is 678 g/mol. The molecular weight excluding hydrogens is 627 g/mol. The predicted molar refractivity (Wildman–Crippen MR) is 208 cm³/mol. The summed E-state index contributed by atoms with van der Waals surface area (Å²) in [5, 5.41) is 2.29. The number of hydrogen-bond acceptors (Lipinski definition) is 3. The molecule has 0 aliphatic rings. The summed E-state index contributed by atoms with van der Waals surface area (Å²) in [6.07, 6.45) is 15.5. The Morgan fingerprint density at radius 2 is 1.49 bits per heavy atom. The number of ether oxygens (including phenoxy) is 1. The van der Waals surface area contributed by atoms with Crippen molar-refractivity contribution in [1.29, 1.82) is 0 Å². The lowest BCUT2D eigenvalue weighted by molar-refractivity contribution is -0.599. The fourth-order valence-electron chi connectivity index (χ4n) is 7.08. The molecule has 0 unspecified atom stereocenters. The molecule has 3 aromatic carbocycles. The maximum atomic E-state index is 9.24. The van der Waals surface area contributed by atoms with Crippen LogP contribution in [-0.2, 0) is 5.41 Å². The number of hydrogen-bond donors (Lipinski definition) is 0. The van der Waals surface area contributed by atoms with Crippen LogP contribution < -0.4 is 9.30 Å². The third kappa shape index (κ3) is 6.80. The standard InChI is InChI=1S/C45H49N5O/c1-8-31(9-2)33-22-34(32(10-3)11-4)24-36(23-33)48-20-21-49(30-48)37-26-39(29-46-28-37)51-38-16-17-41-40-14-12-13-15-42(40)50(43(41)27-38)44-25-35(18-19-47-44)45(5,6)7/h12-29,31-32H,8-11H2,1-7H3/i31D,32D. The summed E-state index contributed by atoms with van der Waals surface area (Å²) in [5.74, 6) is 0.714. The molecule has 7 rings (SSSR count). The molecule has 0 N–H and O–H groups in total. The van der Waals surface area contributed by atoms with Gasteiger partial charge in [0, 0.05) is 44.4 Å². The van der Waals surface area contributed by atoms with Crippen molar-refractivity contribution >= 4 is 21.8 Å². The van der Waals surface area contributed by atoms with Crippen LogP contribution in [0.2, 0.25) is 0 Å². The Morgan fingerprint density at radius 3 is 2.20 bits per heavy atom. The number of aromatic nitrogens is 5. The molecule has 4 aromatic heterocycles. The Hall–Kier alpha value is -5.23. The van der Waals surface area contributed by atoms with E-state index in [1.165, 1.54) is 5.56 Å². The Bertz CT molecular complexity index is 2380. The second-order valence-corrected chi connectivity index (χ2v) is 14.2.